The highest BCUT2D eigenvalue weighted by atomic mass is 16.5. The van der Waals surface area contributed by atoms with Gasteiger partial charge >= 0.3 is 5.97 Å². The van der Waals surface area contributed by atoms with Crippen LogP contribution in [0.15, 0.2) is 11.1 Å². The van der Waals surface area contributed by atoms with Gasteiger partial charge in [-0.1, -0.05) is 39.0 Å². The van der Waals surface area contributed by atoms with E-state index in [1.807, 2.05) is 13.8 Å². The highest BCUT2D eigenvalue weighted by molar-refractivity contribution is 6.01. The number of carbonyl (C=O) groups excluding carboxylic acids is 2. The first-order chi connectivity index (χ1) is 10.9. The molecule has 0 aromatic heterocycles. The van der Waals surface area contributed by atoms with Gasteiger partial charge in [0.15, 0.2) is 5.78 Å². The van der Waals surface area contributed by atoms with Gasteiger partial charge in [-0.3, -0.25) is 9.59 Å². The van der Waals surface area contributed by atoms with Gasteiger partial charge in [-0.15, -0.1) is 0 Å². The molecule has 0 aliphatic heterocycles. The van der Waals surface area contributed by atoms with E-state index >= 15 is 0 Å². The minimum Gasteiger partial charge on any atom is -0.469 e. The van der Waals surface area contributed by atoms with Crippen molar-refractivity contribution in [3.05, 3.63) is 11.1 Å². The lowest BCUT2D eigenvalue weighted by molar-refractivity contribution is -0.140. The van der Waals surface area contributed by atoms with Crippen molar-refractivity contribution in [2.45, 2.75) is 84.2 Å². The summed E-state index contributed by atoms with van der Waals surface area (Å²) in [5, 5.41) is 11.1. The molecule has 0 radical (unpaired) electrons. The normalized spacial score (nSPS) is 24.4. The average Bonchev–Trinajstić information content (AvgIpc) is 2.69. The summed E-state index contributed by atoms with van der Waals surface area (Å²) in [6.45, 7) is 5.87. The molecule has 0 fully saturated rings. The van der Waals surface area contributed by atoms with Crippen molar-refractivity contribution in [3.63, 3.8) is 0 Å². The molecular formula is C19H32O4. The number of methoxy groups -OCH3 is 1. The molecule has 1 aliphatic carbocycles. The molecule has 2 atom stereocenters. The second-order valence-electron chi connectivity index (χ2n) is 6.72. The fourth-order valence-corrected chi connectivity index (χ4v) is 3.52. The standard InChI is InChI=1S/C19H32O4/c1-5-6-10-13-19(22)15(3)14(2)18(21)16(19)11-8-7-9-12-17(20)23-4/h16,22H,5-13H2,1-4H3/t16-,19-/m1/s1. The topological polar surface area (TPSA) is 63.6 Å². The van der Waals surface area contributed by atoms with Crippen LogP contribution in [0, 0.1) is 5.92 Å². The summed E-state index contributed by atoms with van der Waals surface area (Å²) in [6.07, 6.45) is 7.41. The van der Waals surface area contributed by atoms with Gasteiger partial charge in [-0.2, -0.15) is 0 Å². The van der Waals surface area contributed by atoms with Crippen molar-refractivity contribution in [3.8, 4) is 0 Å². The zero-order chi connectivity index (χ0) is 17.5. The van der Waals surface area contributed by atoms with Gasteiger partial charge in [-0.05, 0) is 44.3 Å². The lowest BCUT2D eigenvalue weighted by atomic mass is 9.79. The Kier molecular flexibility index (Phi) is 7.97. The lowest BCUT2D eigenvalue weighted by Crippen LogP contribution is -2.38. The molecule has 0 amide bonds. The molecule has 0 saturated carbocycles. The van der Waals surface area contributed by atoms with E-state index in [-0.39, 0.29) is 17.7 Å². The van der Waals surface area contributed by atoms with Crippen LogP contribution in [0.4, 0.5) is 0 Å². The number of aliphatic hydroxyl groups is 1. The maximum Gasteiger partial charge on any atom is 0.305 e. The van der Waals surface area contributed by atoms with Gasteiger partial charge in [0, 0.05) is 6.42 Å². The van der Waals surface area contributed by atoms with Crippen LogP contribution in [0.5, 0.6) is 0 Å². The highest BCUT2D eigenvalue weighted by Gasteiger charge is 2.48. The van der Waals surface area contributed by atoms with Crippen LogP contribution in [0.2, 0.25) is 0 Å². The Labute approximate surface area is 140 Å². The molecule has 1 N–H and O–H groups in total. The lowest BCUT2D eigenvalue weighted by Gasteiger charge is -2.31. The number of Topliss-reactive ketones (excluding diaryl/α,β-unsaturated/α-hetero) is 1. The van der Waals surface area contributed by atoms with Crippen molar-refractivity contribution in [2.24, 2.45) is 5.92 Å². The summed E-state index contributed by atoms with van der Waals surface area (Å²) < 4.78 is 4.62. The Morgan fingerprint density at radius 1 is 1.17 bits per heavy atom. The number of ether oxygens (including phenoxy) is 1. The number of unbranched alkanes of at least 4 members (excludes halogenated alkanes) is 4. The second kappa shape index (κ2) is 9.21. The molecule has 0 spiro atoms. The fourth-order valence-electron chi connectivity index (χ4n) is 3.52. The SMILES string of the molecule is CCCCC[C@@]1(O)C(C)=C(C)C(=O)[C@H]1CCCCCC(=O)OC. The van der Waals surface area contributed by atoms with Crippen LogP contribution >= 0.6 is 0 Å². The van der Waals surface area contributed by atoms with E-state index in [0.717, 1.165) is 49.7 Å². The van der Waals surface area contributed by atoms with E-state index in [2.05, 4.69) is 11.7 Å². The third-order valence-corrected chi connectivity index (χ3v) is 5.24. The molecule has 0 aromatic carbocycles. The highest BCUT2D eigenvalue weighted by Crippen LogP contribution is 2.43. The number of allylic oxidation sites excluding steroid dienone is 1. The summed E-state index contributed by atoms with van der Waals surface area (Å²) >= 11 is 0. The molecular weight excluding hydrogens is 292 g/mol. The van der Waals surface area contributed by atoms with Crippen molar-refractivity contribution in [1.82, 2.24) is 0 Å². The number of ketones is 1. The molecule has 0 unspecified atom stereocenters. The number of hydrogen-bond acceptors (Lipinski definition) is 4. The monoisotopic (exact) mass is 324 g/mol. The molecule has 1 rings (SSSR count). The van der Waals surface area contributed by atoms with Crippen LogP contribution in [0.3, 0.4) is 0 Å². The number of rotatable bonds is 10. The minimum atomic E-state index is -0.960. The van der Waals surface area contributed by atoms with E-state index < -0.39 is 5.60 Å². The summed E-state index contributed by atoms with van der Waals surface area (Å²) in [5.41, 5.74) is 0.639. The molecule has 0 aromatic rings. The van der Waals surface area contributed by atoms with Crippen molar-refractivity contribution in [2.75, 3.05) is 7.11 Å². The van der Waals surface area contributed by atoms with Crippen molar-refractivity contribution in [1.29, 1.82) is 0 Å². The van der Waals surface area contributed by atoms with Crippen LogP contribution < -0.4 is 0 Å². The molecule has 0 heterocycles. The van der Waals surface area contributed by atoms with Gasteiger partial charge in [0.2, 0.25) is 0 Å². The zero-order valence-corrected chi connectivity index (χ0v) is 15.1. The summed E-state index contributed by atoms with van der Waals surface area (Å²) in [6, 6.07) is 0. The Bertz CT molecular complexity index is 452. The third-order valence-electron chi connectivity index (χ3n) is 5.24. The first-order valence-corrected chi connectivity index (χ1v) is 8.89. The minimum absolute atomic E-state index is 0.106. The van der Waals surface area contributed by atoms with Gasteiger partial charge in [0.05, 0.1) is 18.6 Å². The Morgan fingerprint density at radius 2 is 1.87 bits per heavy atom. The predicted molar refractivity (Wildman–Crippen MR) is 91.1 cm³/mol. The zero-order valence-electron chi connectivity index (χ0n) is 15.1. The molecule has 4 heteroatoms. The van der Waals surface area contributed by atoms with E-state index in [0.29, 0.717) is 19.3 Å². The number of carbonyl (C=O) groups is 2. The largest absolute Gasteiger partial charge is 0.469 e. The summed E-state index contributed by atoms with van der Waals surface area (Å²) in [4.78, 5) is 23.6. The van der Waals surface area contributed by atoms with Crippen molar-refractivity contribution >= 4 is 11.8 Å². The number of hydrogen-bond donors (Lipinski definition) is 1. The Balaban J connectivity index is 2.57. The first-order valence-electron chi connectivity index (χ1n) is 8.89. The van der Waals surface area contributed by atoms with Gasteiger partial charge in [-0.25, -0.2) is 0 Å². The van der Waals surface area contributed by atoms with E-state index in [1.54, 1.807) is 0 Å². The Hall–Kier alpha value is -1.16. The van der Waals surface area contributed by atoms with Crippen LogP contribution in [-0.4, -0.2) is 29.6 Å². The molecule has 1 aliphatic rings. The van der Waals surface area contributed by atoms with E-state index in [9.17, 15) is 14.7 Å². The van der Waals surface area contributed by atoms with Crippen LogP contribution in [0.25, 0.3) is 0 Å². The predicted octanol–water partition coefficient (Wildman–Crippen LogP) is 3.96. The van der Waals surface area contributed by atoms with E-state index in [4.69, 9.17) is 0 Å². The smallest absolute Gasteiger partial charge is 0.305 e. The third kappa shape index (κ3) is 4.90. The van der Waals surface area contributed by atoms with Gasteiger partial charge < -0.3 is 9.84 Å². The first kappa shape index (κ1) is 19.9. The van der Waals surface area contributed by atoms with Crippen molar-refractivity contribution < 1.29 is 19.4 Å². The molecule has 132 valence electrons. The fraction of sp³-hybridized carbons (Fsp3) is 0.789. The quantitative estimate of drug-likeness (QED) is 0.488. The van der Waals surface area contributed by atoms with Gasteiger partial charge in [0.25, 0.3) is 0 Å². The maximum atomic E-state index is 12.5. The molecule has 23 heavy (non-hydrogen) atoms. The van der Waals surface area contributed by atoms with E-state index in [1.165, 1.54) is 7.11 Å². The Morgan fingerprint density at radius 3 is 2.48 bits per heavy atom. The molecule has 4 nitrogen and oxygen atoms in total. The van der Waals surface area contributed by atoms with Gasteiger partial charge in [0.1, 0.15) is 0 Å². The number of esters is 1. The molecule has 0 bridgehead atoms. The molecule has 0 saturated heterocycles. The second-order valence-corrected chi connectivity index (χ2v) is 6.72. The average molecular weight is 324 g/mol. The summed E-state index contributed by atoms with van der Waals surface area (Å²) in [7, 11) is 1.40. The summed E-state index contributed by atoms with van der Waals surface area (Å²) in [5.74, 6) is -0.390. The van der Waals surface area contributed by atoms with Crippen LogP contribution in [0.1, 0.15) is 78.6 Å². The van der Waals surface area contributed by atoms with Crippen LogP contribution in [-0.2, 0) is 14.3 Å². The maximum absolute atomic E-state index is 12.5.